The van der Waals surface area contributed by atoms with Crippen LogP contribution < -0.4 is 5.32 Å². The maximum atomic E-state index is 6.07. The van der Waals surface area contributed by atoms with E-state index in [1.807, 2.05) is 19.2 Å². The molecule has 1 aromatic carbocycles. The summed E-state index contributed by atoms with van der Waals surface area (Å²) in [5.41, 5.74) is 1.72. The van der Waals surface area contributed by atoms with Crippen LogP contribution in [0.15, 0.2) is 18.2 Å². The minimum Gasteiger partial charge on any atom is -0.319 e. The minimum atomic E-state index is 0.423. The van der Waals surface area contributed by atoms with E-state index in [9.17, 15) is 0 Å². The van der Waals surface area contributed by atoms with Crippen LogP contribution in [0.25, 0.3) is 0 Å². The highest BCUT2D eigenvalue weighted by molar-refractivity contribution is 6.42. The first kappa shape index (κ1) is 13.2. The monoisotopic (exact) mass is 271 g/mol. The summed E-state index contributed by atoms with van der Waals surface area (Å²) in [6, 6.07) is 6.02. The first-order valence-corrected chi connectivity index (χ1v) is 6.99. The fourth-order valence-electron chi connectivity index (χ4n) is 3.00. The molecular weight excluding hydrogens is 253 g/mol. The van der Waals surface area contributed by atoms with E-state index in [1.54, 1.807) is 0 Å². The molecule has 1 fully saturated rings. The largest absolute Gasteiger partial charge is 0.319 e. The summed E-state index contributed by atoms with van der Waals surface area (Å²) in [5, 5.41) is 4.65. The van der Waals surface area contributed by atoms with Crippen molar-refractivity contribution in [2.45, 2.75) is 32.1 Å². The van der Waals surface area contributed by atoms with Crippen molar-refractivity contribution in [1.29, 1.82) is 0 Å². The van der Waals surface area contributed by atoms with E-state index >= 15 is 0 Å². The Labute approximate surface area is 114 Å². The van der Waals surface area contributed by atoms with Gasteiger partial charge in [-0.05, 0) is 49.4 Å². The van der Waals surface area contributed by atoms with Crippen molar-refractivity contribution in [3.05, 3.63) is 33.8 Å². The number of hydrogen-bond donors (Lipinski definition) is 1. The van der Waals surface area contributed by atoms with E-state index in [1.165, 1.54) is 31.2 Å². The predicted molar refractivity (Wildman–Crippen MR) is 75.0 cm³/mol. The van der Waals surface area contributed by atoms with E-state index < -0.39 is 0 Å². The molecule has 2 rings (SSSR count). The van der Waals surface area contributed by atoms with E-state index in [0.29, 0.717) is 15.5 Å². The van der Waals surface area contributed by atoms with Gasteiger partial charge in [-0.3, -0.25) is 0 Å². The number of rotatable bonds is 4. The topological polar surface area (TPSA) is 12.0 Å². The molecule has 1 saturated carbocycles. The Hall–Kier alpha value is -0.240. The second-order valence-corrected chi connectivity index (χ2v) is 5.98. The van der Waals surface area contributed by atoms with Crippen LogP contribution in [0.2, 0.25) is 10.0 Å². The molecular formula is C14H19Cl2N. The van der Waals surface area contributed by atoms with Gasteiger partial charge in [0.05, 0.1) is 10.0 Å². The van der Waals surface area contributed by atoms with E-state index in [2.05, 4.69) is 11.4 Å². The summed E-state index contributed by atoms with van der Waals surface area (Å²) in [5.74, 6) is 0. The lowest BCUT2D eigenvalue weighted by Gasteiger charge is -2.29. The van der Waals surface area contributed by atoms with Gasteiger partial charge in [-0.15, -0.1) is 0 Å². The van der Waals surface area contributed by atoms with Crippen molar-refractivity contribution in [3.8, 4) is 0 Å². The van der Waals surface area contributed by atoms with Gasteiger partial charge >= 0.3 is 0 Å². The minimum absolute atomic E-state index is 0.423. The standard InChI is InChI=1S/C14H19Cl2N/c1-17-10-14(6-2-3-7-14)9-11-4-5-12(15)13(16)8-11/h4-5,8,17H,2-3,6-7,9-10H2,1H3. The van der Waals surface area contributed by atoms with Gasteiger partial charge in [0, 0.05) is 6.54 Å². The van der Waals surface area contributed by atoms with Crippen molar-refractivity contribution in [2.24, 2.45) is 5.41 Å². The van der Waals surface area contributed by atoms with Gasteiger partial charge in [0.1, 0.15) is 0 Å². The summed E-state index contributed by atoms with van der Waals surface area (Å²) >= 11 is 12.0. The third-order valence-corrected chi connectivity index (χ3v) is 4.52. The van der Waals surface area contributed by atoms with Gasteiger partial charge in [0.25, 0.3) is 0 Å². The summed E-state index contributed by atoms with van der Waals surface area (Å²) in [6.45, 7) is 1.09. The predicted octanol–water partition coefficient (Wildman–Crippen LogP) is 4.32. The van der Waals surface area contributed by atoms with Crippen LogP contribution in [0.3, 0.4) is 0 Å². The van der Waals surface area contributed by atoms with Crippen molar-refractivity contribution >= 4 is 23.2 Å². The molecule has 1 aliphatic rings. The molecule has 0 amide bonds. The van der Waals surface area contributed by atoms with E-state index in [0.717, 1.165) is 13.0 Å². The van der Waals surface area contributed by atoms with Crippen LogP contribution in [0.1, 0.15) is 31.2 Å². The normalized spacial score (nSPS) is 18.5. The molecule has 1 aromatic rings. The molecule has 0 radical (unpaired) electrons. The Balaban J connectivity index is 2.14. The highest BCUT2D eigenvalue weighted by Crippen LogP contribution is 2.41. The smallest absolute Gasteiger partial charge is 0.0595 e. The van der Waals surface area contributed by atoms with Crippen molar-refractivity contribution in [1.82, 2.24) is 5.32 Å². The summed E-state index contributed by atoms with van der Waals surface area (Å²) in [4.78, 5) is 0. The number of nitrogens with one attached hydrogen (secondary N) is 1. The lowest BCUT2D eigenvalue weighted by atomic mass is 9.80. The Morgan fingerprint density at radius 1 is 1.18 bits per heavy atom. The number of hydrogen-bond acceptors (Lipinski definition) is 1. The molecule has 17 heavy (non-hydrogen) atoms. The van der Waals surface area contributed by atoms with Gasteiger partial charge < -0.3 is 5.32 Å². The van der Waals surface area contributed by atoms with Crippen molar-refractivity contribution < 1.29 is 0 Å². The third-order valence-electron chi connectivity index (χ3n) is 3.78. The lowest BCUT2D eigenvalue weighted by Crippen LogP contribution is -2.32. The molecule has 94 valence electrons. The average molecular weight is 272 g/mol. The van der Waals surface area contributed by atoms with Crippen LogP contribution in [0.4, 0.5) is 0 Å². The Bertz CT molecular complexity index is 384. The highest BCUT2D eigenvalue weighted by Gasteiger charge is 2.33. The molecule has 0 heterocycles. The molecule has 0 spiro atoms. The second-order valence-electron chi connectivity index (χ2n) is 5.16. The lowest BCUT2D eigenvalue weighted by molar-refractivity contribution is 0.286. The first-order chi connectivity index (χ1) is 8.15. The average Bonchev–Trinajstić information content (AvgIpc) is 2.73. The van der Waals surface area contributed by atoms with Crippen LogP contribution >= 0.6 is 23.2 Å². The SMILES string of the molecule is CNCC1(Cc2ccc(Cl)c(Cl)c2)CCCC1. The molecule has 3 heteroatoms. The van der Waals surface area contributed by atoms with Crippen molar-refractivity contribution in [2.75, 3.05) is 13.6 Å². The molecule has 1 nitrogen and oxygen atoms in total. The third kappa shape index (κ3) is 3.15. The Morgan fingerprint density at radius 2 is 1.88 bits per heavy atom. The molecule has 1 N–H and O–H groups in total. The molecule has 0 saturated heterocycles. The van der Waals surface area contributed by atoms with Gasteiger partial charge in [-0.1, -0.05) is 42.1 Å². The molecule has 0 atom stereocenters. The second kappa shape index (κ2) is 5.60. The molecule has 0 unspecified atom stereocenters. The van der Waals surface area contributed by atoms with Crippen LogP contribution in [-0.4, -0.2) is 13.6 Å². The molecule has 0 bridgehead atoms. The van der Waals surface area contributed by atoms with Crippen LogP contribution in [0.5, 0.6) is 0 Å². The fourth-order valence-corrected chi connectivity index (χ4v) is 3.32. The molecule has 0 aromatic heterocycles. The zero-order chi connectivity index (χ0) is 12.3. The maximum Gasteiger partial charge on any atom is 0.0595 e. The quantitative estimate of drug-likeness (QED) is 0.860. The summed E-state index contributed by atoms with van der Waals surface area (Å²) in [6.07, 6.45) is 6.43. The van der Waals surface area contributed by atoms with Gasteiger partial charge in [-0.2, -0.15) is 0 Å². The summed E-state index contributed by atoms with van der Waals surface area (Å²) < 4.78 is 0. The fraction of sp³-hybridized carbons (Fsp3) is 0.571. The Kier molecular flexibility index (Phi) is 4.35. The van der Waals surface area contributed by atoms with Gasteiger partial charge in [0.15, 0.2) is 0 Å². The maximum absolute atomic E-state index is 6.07. The molecule has 1 aliphatic carbocycles. The zero-order valence-corrected chi connectivity index (χ0v) is 11.7. The zero-order valence-electron chi connectivity index (χ0n) is 10.2. The van der Waals surface area contributed by atoms with Gasteiger partial charge in [-0.25, -0.2) is 0 Å². The van der Waals surface area contributed by atoms with Crippen LogP contribution in [-0.2, 0) is 6.42 Å². The summed E-state index contributed by atoms with van der Waals surface area (Å²) in [7, 11) is 2.04. The number of halogens is 2. The van der Waals surface area contributed by atoms with Gasteiger partial charge in [0.2, 0.25) is 0 Å². The number of benzene rings is 1. The highest BCUT2D eigenvalue weighted by atomic mass is 35.5. The molecule has 0 aliphatic heterocycles. The van der Waals surface area contributed by atoms with E-state index in [-0.39, 0.29) is 0 Å². The van der Waals surface area contributed by atoms with Crippen LogP contribution in [0, 0.1) is 5.41 Å². The Morgan fingerprint density at radius 3 is 2.47 bits per heavy atom. The van der Waals surface area contributed by atoms with E-state index in [4.69, 9.17) is 23.2 Å². The van der Waals surface area contributed by atoms with Crippen molar-refractivity contribution in [3.63, 3.8) is 0 Å². The first-order valence-electron chi connectivity index (χ1n) is 6.24.